The molecule has 0 saturated heterocycles. The average molecular weight is 239 g/mol. The number of carbonyl (C=O) groups excluding carboxylic acids is 1. The van der Waals surface area contributed by atoms with Crippen molar-refractivity contribution in [1.82, 2.24) is 5.32 Å². The lowest BCUT2D eigenvalue weighted by Gasteiger charge is -2.13. The molecule has 94 valence electrons. The zero-order chi connectivity index (χ0) is 12.8. The number of hydrogen-bond acceptors (Lipinski definition) is 5. The van der Waals surface area contributed by atoms with E-state index in [0.29, 0.717) is 12.2 Å². The predicted molar refractivity (Wildman–Crippen MR) is 62.7 cm³/mol. The van der Waals surface area contributed by atoms with E-state index >= 15 is 0 Å². The second kappa shape index (κ2) is 6.10. The van der Waals surface area contributed by atoms with E-state index in [1.807, 2.05) is 0 Å². The number of para-hydroxylation sites is 1. The summed E-state index contributed by atoms with van der Waals surface area (Å²) in [6.45, 7) is 4.03. The summed E-state index contributed by atoms with van der Waals surface area (Å²) in [5, 5.41) is 21.7. The quantitative estimate of drug-likeness (QED) is 0.530. The third-order valence-corrected chi connectivity index (χ3v) is 2.34. The van der Waals surface area contributed by atoms with Crippen LogP contribution in [0.25, 0.3) is 0 Å². The molecule has 1 aromatic rings. The first-order valence-corrected chi connectivity index (χ1v) is 5.46. The van der Waals surface area contributed by atoms with Crippen molar-refractivity contribution in [3.05, 3.63) is 23.8 Å². The van der Waals surface area contributed by atoms with Gasteiger partial charge >= 0.3 is 5.97 Å². The van der Waals surface area contributed by atoms with Crippen molar-refractivity contribution < 1.29 is 19.7 Å². The van der Waals surface area contributed by atoms with Gasteiger partial charge in [-0.05, 0) is 19.9 Å². The second-order valence-corrected chi connectivity index (χ2v) is 3.64. The molecule has 0 spiro atoms. The van der Waals surface area contributed by atoms with Gasteiger partial charge in [0, 0.05) is 12.1 Å². The molecule has 0 bridgehead atoms. The van der Waals surface area contributed by atoms with E-state index in [1.54, 1.807) is 26.0 Å². The number of ether oxygens (including phenoxy) is 1. The molecule has 0 aliphatic rings. The van der Waals surface area contributed by atoms with Gasteiger partial charge < -0.3 is 20.3 Å². The third-order valence-electron chi connectivity index (χ3n) is 2.34. The van der Waals surface area contributed by atoms with Gasteiger partial charge in [0.05, 0.1) is 6.61 Å². The number of nitrogens with one attached hydrogen (secondary N) is 1. The highest BCUT2D eigenvalue weighted by molar-refractivity contribution is 5.75. The Kier molecular flexibility index (Phi) is 4.78. The van der Waals surface area contributed by atoms with Crippen molar-refractivity contribution in [2.75, 3.05) is 6.61 Å². The van der Waals surface area contributed by atoms with Crippen molar-refractivity contribution in [1.29, 1.82) is 0 Å². The standard InChI is InChI=1S/C12H17NO4/c1-3-17-12(16)8(2)13-7-9-5-4-6-10(14)11(9)15/h4-6,8,13-15H,3,7H2,1-2H3. The monoisotopic (exact) mass is 239 g/mol. The molecule has 0 aromatic heterocycles. The number of phenolic OH excluding ortho intramolecular Hbond substituents is 2. The smallest absolute Gasteiger partial charge is 0.322 e. The van der Waals surface area contributed by atoms with Gasteiger partial charge in [-0.15, -0.1) is 0 Å². The highest BCUT2D eigenvalue weighted by atomic mass is 16.5. The van der Waals surface area contributed by atoms with E-state index in [2.05, 4.69) is 5.32 Å². The Hall–Kier alpha value is -1.75. The van der Waals surface area contributed by atoms with Gasteiger partial charge in [0.15, 0.2) is 11.5 Å². The predicted octanol–water partition coefficient (Wildman–Crippen LogP) is 1.14. The van der Waals surface area contributed by atoms with Gasteiger partial charge in [-0.2, -0.15) is 0 Å². The van der Waals surface area contributed by atoms with Crippen LogP contribution in [-0.4, -0.2) is 28.8 Å². The van der Waals surface area contributed by atoms with Crippen molar-refractivity contribution in [3.63, 3.8) is 0 Å². The zero-order valence-electron chi connectivity index (χ0n) is 9.93. The van der Waals surface area contributed by atoms with Gasteiger partial charge in [0.1, 0.15) is 6.04 Å². The first-order valence-electron chi connectivity index (χ1n) is 5.46. The maximum atomic E-state index is 11.3. The molecule has 0 fully saturated rings. The van der Waals surface area contributed by atoms with E-state index in [9.17, 15) is 15.0 Å². The van der Waals surface area contributed by atoms with Crippen LogP contribution in [0, 0.1) is 0 Å². The van der Waals surface area contributed by atoms with E-state index in [4.69, 9.17) is 4.74 Å². The van der Waals surface area contributed by atoms with Crippen LogP contribution < -0.4 is 5.32 Å². The fraction of sp³-hybridized carbons (Fsp3) is 0.417. The fourth-order valence-corrected chi connectivity index (χ4v) is 1.33. The molecule has 1 atom stereocenters. The van der Waals surface area contributed by atoms with Crippen LogP contribution in [0.5, 0.6) is 11.5 Å². The number of phenols is 2. The van der Waals surface area contributed by atoms with Crippen LogP contribution in [0.4, 0.5) is 0 Å². The maximum absolute atomic E-state index is 11.3. The molecule has 3 N–H and O–H groups in total. The molecule has 0 saturated carbocycles. The van der Waals surface area contributed by atoms with E-state index < -0.39 is 6.04 Å². The van der Waals surface area contributed by atoms with Crippen LogP contribution in [0.15, 0.2) is 18.2 Å². The first-order chi connectivity index (χ1) is 8.06. The number of hydrogen-bond donors (Lipinski definition) is 3. The van der Waals surface area contributed by atoms with Crippen LogP contribution in [0.3, 0.4) is 0 Å². The van der Waals surface area contributed by atoms with Gasteiger partial charge in [-0.25, -0.2) is 0 Å². The summed E-state index contributed by atoms with van der Waals surface area (Å²) in [4.78, 5) is 11.3. The fourth-order valence-electron chi connectivity index (χ4n) is 1.33. The third kappa shape index (κ3) is 3.64. The maximum Gasteiger partial charge on any atom is 0.322 e. The summed E-state index contributed by atoms with van der Waals surface area (Å²) < 4.78 is 4.83. The topological polar surface area (TPSA) is 78.8 Å². The molecular formula is C12H17NO4. The highest BCUT2D eigenvalue weighted by Crippen LogP contribution is 2.27. The molecule has 5 nitrogen and oxygen atoms in total. The largest absolute Gasteiger partial charge is 0.504 e. The minimum absolute atomic E-state index is 0.170. The first kappa shape index (κ1) is 13.3. The number of rotatable bonds is 5. The lowest BCUT2D eigenvalue weighted by atomic mass is 10.1. The average Bonchev–Trinajstić information content (AvgIpc) is 2.31. The molecule has 0 radical (unpaired) electrons. The SMILES string of the molecule is CCOC(=O)C(C)NCc1cccc(O)c1O. The summed E-state index contributed by atoms with van der Waals surface area (Å²) in [7, 11) is 0. The van der Waals surface area contributed by atoms with Crippen molar-refractivity contribution in [2.24, 2.45) is 0 Å². The summed E-state index contributed by atoms with van der Waals surface area (Å²) in [5.74, 6) is -0.684. The Balaban J connectivity index is 2.56. The van der Waals surface area contributed by atoms with Crippen molar-refractivity contribution >= 4 is 5.97 Å². The molecule has 1 unspecified atom stereocenters. The van der Waals surface area contributed by atoms with Crippen molar-refractivity contribution in [3.8, 4) is 11.5 Å². The number of aromatic hydroxyl groups is 2. The van der Waals surface area contributed by atoms with E-state index in [0.717, 1.165) is 0 Å². The lowest BCUT2D eigenvalue weighted by molar-refractivity contribution is -0.145. The van der Waals surface area contributed by atoms with Gasteiger partial charge in [0.2, 0.25) is 0 Å². The summed E-state index contributed by atoms with van der Waals surface area (Å²) in [5.41, 5.74) is 0.529. The Bertz CT molecular complexity index is 392. The number of esters is 1. The van der Waals surface area contributed by atoms with Crippen LogP contribution in [0.2, 0.25) is 0 Å². The summed E-state index contributed by atoms with van der Waals surface area (Å²) >= 11 is 0. The van der Waals surface area contributed by atoms with Gasteiger partial charge in [-0.1, -0.05) is 12.1 Å². The molecule has 0 aliphatic heterocycles. The summed E-state index contributed by atoms with van der Waals surface area (Å²) in [6.07, 6.45) is 0. The van der Waals surface area contributed by atoms with Crippen molar-refractivity contribution in [2.45, 2.75) is 26.4 Å². The summed E-state index contributed by atoms with van der Waals surface area (Å²) in [6, 6.07) is 4.23. The molecule has 5 heteroatoms. The Morgan fingerprint density at radius 2 is 2.18 bits per heavy atom. The molecule has 1 aromatic carbocycles. The molecule has 1 rings (SSSR count). The normalized spacial score (nSPS) is 12.1. The molecule has 17 heavy (non-hydrogen) atoms. The lowest BCUT2D eigenvalue weighted by Crippen LogP contribution is -2.34. The zero-order valence-corrected chi connectivity index (χ0v) is 9.93. The van der Waals surface area contributed by atoms with E-state index in [1.165, 1.54) is 6.07 Å². The second-order valence-electron chi connectivity index (χ2n) is 3.64. The number of benzene rings is 1. The van der Waals surface area contributed by atoms with Gasteiger partial charge in [0.25, 0.3) is 0 Å². The minimum Gasteiger partial charge on any atom is -0.504 e. The highest BCUT2D eigenvalue weighted by Gasteiger charge is 2.14. The van der Waals surface area contributed by atoms with Crippen LogP contribution in [-0.2, 0) is 16.1 Å². The Morgan fingerprint density at radius 1 is 1.47 bits per heavy atom. The van der Waals surface area contributed by atoms with Crippen LogP contribution >= 0.6 is 0 Å². The molecule has 0 aliphatic carbocycles. The minimum atomic E-state index is -0.461. The number of carbonyl (C=O) groups is 1. The molecule has 0 amide bonds. The van der Waals surface area contributed by atoms with Gasteiger partial charge in [-0.3, -0.25) is 4.79 Å². The van der Waals surface area contributed by atoms with E-state index in [-0.39, 0.29) is 24.0 Å². The Labute approximate surface area is 100 Å². The molecule has 0 heterocycles. The van der Waals surface area contributed by atoms with Crippen LogP contribution in [0.1, 0.15) is 19.4 Å². The molecular weight excluding hydrogens is 222 g/mol. The Morgan fingerprint density at radius 3 is 2.82 bits per heavy atom.